The summed E-state index contributed by atoms with van der Waals surface area (Å²) in [5.41, 5.74) is 3.64. The first-order valence-electron chi connectivity index (χ1n) is 9.62. The fraction of sp³-hybridized carbons (Fsp3) is 0.318. The zero-order chi connectivity index (χ0) is 20.1. The summed E-state index contributed by atoms with van der Waals surface area (Å²) >= 11 is 0. The van der Waals surface area contributed by atoms with E-state index >= 15 is 0 Å². The molecule has 1 unspecified atom stereocenters. The van der Waals surface area contributed by atoms with E-state index in [-0.39, 0.29) is 17.4 Å². The fourth-order valence-corrected chi connectivity index (χ4v) is 3.44. The first kappa shape index (κ1) is 19.7. The highest BCUT2D eigenvalue weighted by atomic mass is 19.1. The van der Waals surface area contributed by atoms with Crippen molar-refractivity contribution >= 4 is 5.69 Å². The van der Waals surface area contributed by atoms with Crippen LogP contribution < -0.4 is 0 Å². The maximum atomic E-state index is 13.8. The third-order valence-electron chi connectivity index (χ3n) is 4.90. The molecule has 146 valence electrons. The standard InChI is InChI=1S/C22H24FN3O2/c1-3-5-9-18-15-22(21(4-2)16-7-6-8-17(23)14-16)25(24-18)19-10-12-20(13-11-19)26(27)28/h6-8,10-15,21H,3-5,9H2,1-2H3. The summed E-state index contributed by atoms with van der Waals surface area (Å²) in [6.45, 7) is 4.20. The first-order chi connectivity index (χ1) is 13.5. The number of aryl methyl sites for hydroxylation is 1. The van der Waals surface area contributed by atoms with Crippen molar-refractivity contribution < 1.29 is 9.31 Å². The Morgan fingerprint density at radius 1 is 1.14 bits per heavy atom. The largest absolute Gasteiger partial charge is 0.269 e. The van der Waals surface area contributed by atoms with Gasteiger partial charge >= 0.3 is 0 Å². The third kappa shape index (κ3) is 4.27. The highest BCUT2D eigenvalue weighted by molar-refractivity contribution is 5.43. The number of aromatic nitrogens is 2. The minimum atomic E-state index is -0.415. The van der Waals surface area contributed by atoms with E-state index in [0.29, 0.717) is 0 Å². The predicted molar refractivity (Wildman–Crippen MR) is 107 cm³/mol. The highest BCUT2D eigenvalue weighted by Crippen LogP contribution is 2.31. The summed E-state index contributed by atoms with van der Waals surface area (Å²) in [7, 11) is 0. The summed E-state index contributed by atoms with van der Waals surface area (Å²) in [5, 5.41) is 15.7. The molecule has 0 saturated carbocycles. The lowest BCUT2D eigenvalue weighted by Crippen LogP contribution is -2.09. The van der Waals surface area contributed by atoms with Crippen LogP contribution in [0.3, 0.4) is 0 Å². The van der Waals surface area contributed by atoms with Crippen molar-refractivity contribution in [1.29, 1.82) is 0 Å². The van der Waals surface area contributed by atoms with Crippen molar-refractivity contribution in [2.24, 2.45) is 0 Å². The maximum absolute atomic E-state index is 13.8. The number of hydrogen-bond acceptors (Lipinski definition) is 3. The summed E-state index contributed by atoms with van der Waals surface area (Å²) in [4.78, 5) is 10.5. The van der Waals surface area contributed by atoms with Gasteiger partial charge in [-0.2, -0.15) is 5.10 Å². The Morgan fingerprint density at radius 3 is 2.50 bits per heavy atom. The van der Waals surface area contributed by atoms with Crippen molar-refractivity contribution in [1.82, 2.24) is 9.78 Å². The number of hydrogen-bond donors (Lipinski definition) is 0. The zero-order valence-electron chi connectivity index (χ0n) is 16.1. The number of benzene rings is 2. The molecule has 1 heterocycles. The second-order valence-electron chi connectivity index (χ2n) is 6.87. The van der Waals surface area contributed by atoms with Crippen LogP contribution in [0.4, 0.5) is 10.1 Å². The van der Waals surface area contributed by atoms with Crippen molar-refractivity contribution in [3.63, 3.8) is 0 Å². The van der Waals surface area contributed by atoms with Gasteiger partial charge in [-0.15, -0.1) is 0 Å². The van der Waals surface area contributed by atoms with Crippen molar-refractivity contribution in [2.45, 2.75) is 45.4 Å². The smallest absolute Gasteiger partial charge is 0.258 e. The molecular weight excluding hydrogens is 357 g/mol. The number of non-ortho nitro benzene ring substituents is 1. The molecule has 0 amide bonds. The molecule has 28 heavy (non-hydrogen) atoms. The summed E-state index contributed by atoms with van der Waals surface area (Å²) < 4.78 is 15.6. The molecule has 0 bridgehead atoms. The quantitative estimate of drug-likeness (QED) is 0.366. The molecule has 0 aliphatic rings. The van der Waals surface area contributed by atoms with Crippen LogP contribution in [0.25, 0.3) is 5.69 Å². The Bertz CT molecular complexity index is 951. The van der Waals surface area contributed by atoms with Gasteiger partial charge in [-0.25, -0.2) is 9.07 Å². The molecule has 3 aromatic rings. The minimum Gasteiger partial charge on any atom is -0.258 e. The van der Waals surface area contributed by atoms with Gasteiger partial charge in [0.1, 0.15) is 5.82 Å². The van der Waals surface area contributed by atoms with E-state index in [4.69, 9.17) is 5.10 Å². The third-order valence-corrected chi connectivity index (χ3v) is 4.90. The van der Waals surface area contributed by atoms with E-state index in [0.717, 1.165) is 48.3 Å². The number of nitro groups is 1. The molecule has 0 radical (unpaired) electrons. The van der Waals surface area contributed by atoms with Crippen LogP contribution in [0.2, 0.25) is 0 Å². The molecular formula is C22H24FN3O2. The average molecular weight is 381 g/mol. The van der Waals surface area contributed by atoms with Crippen LogP contribution >= 0.6 is 0 Å². The Balaban J connectivity index is 2.07. The molecule has 0 fully saturated rings. The molecule has 0 aliphatic carbocycles. The van der Waals surface area contributed by atoms with Crippen LogP contribution in [0.5, 0.6) is 0 Å². The first-order valence-corrected chi connectivity index (χ1v) is 9.62. The molecule has 6 heteroatoms. The van der Waals surface area contributed by atoms with Crippen LogP contribution in [-0.2, 0) is 6.42 Å². The van der Waals surface area contributed by atoms with Crippen molar-refractivity contribution in [2.75, 3.05) is 0 Å². The van der Waals surface area contributed by atoms with E-state index in [1.165, 1.54) is 18.2 Å². The van der Waals surface area contributed by atoms with Crippen molar-refractivity contribution in [3.8, 4) is 5.69 Å². The molecule has 3 rings (SSSR count). The van der Waals surface area contributed by atoms with Crippen LogP contribution in [-0.4, -0.2) is 14.7 Å². The molecule has 0 saturated heterocycles. The Morgan fingerprint density at radius 2 is 1.89 bits per heavy atom. The summed E-state index contributed by atoms with van der Waals surface area (Å²) in [5.74, 6) is -0.280. The Hall–Kier alpha value is -3.02. The summed E-state index contributed by atoms with van der Waals surface area (Å²) in [6.07, 6.45) is 3.76. The van der Waals surface area contributed by atoms with E-state index < -0.39 is 4.92 Å². The Labute approximate surface area is 164 Å². The lowest BCUT2D eigenvalue weighted by molar-refractivity contribution is -0.384. The summed E-state index contributed by atoms with van der Waals surface area (Å²) in [6, 6.07) is 15.1. The van der Waals surface area contributed by atoms with E-state index in [9.17, 15) is 14.5 Å². The number of halogens is 1. The topological polar surface area (TPSA) is 61.0 Å². The SMILES string of the molecule is CCCCc1cc(C(CC)c2cccc(F)c2)n(-c2ccc([N+](=O)[O-])cc2)n1. The normalized spacial score (nSPS) is 12.1. The zero-order valence-corrected chi connectivity index (χ0v) is 16.1. The molecule has 2 aromatic carbocycles. The van der Waals surface area contributed by atoms with Gasteiger partial charge in [-0.05, 0) is 55.2 Å². The minimum absolute atomic E-state index is 0.0197. The van der Waals surface area contributed by atoms with Gasteiger partial charge in [0.25, 0.3) is 5.69 Å². The van der Waals surface area contributed by atoms with Gasteiger partial charge < -0.3 is 0 Å². The van der Waals surface area contributed by atoms with Crippen molar-refractivity contribution in [3.05, 3.63) is 87.5 Å². The number of nitrogens with zero attached hydrogens (tertiary/aromatic N) is 3. The molecule has 0 spiro atoms. The Kier molecular flexibility index (Phi) is 6.19. The second-order valence-corrected chi connectivity index (χ2v) is 6.87. The van der Waals surface area contributed by atoms with Gasteiger partial charge in [0.05, 0.1) is 22.0 Å². The van der Waals surface area contributed by atoms with Crippen LogP contribution in [0.15, 0.2) is 54.6 Å². The monoisotopic (exact) mass is 381 g/mol. The van der Waals surface area contributed by atoms with Crippen LogP contribution in [0, 0.1) is 15.9 Å². The van der Waals surface area contributed by atoms with Gasteiger partial charge in [0.2, 0.25) is 0 Å². The highest BCUT2D eigenvalue weighted by Gasteiger charge is 2.20. The van der Waals surface area contributed by atoms with Gasteiger partial charge in [0.15, 0.2) is 0 Å². The fourth-order valence-electron chi connectivity index (χ4n) is 3.44. The average Bonchev–Trinajstić information content (AvgIpc) is 3.11. The van der Waals surface area contributed by atoms with Gasteiger partial charge in [0, 0.05) is 18.1 Å². The van der Waals surface area contributed by atoms with E-state index in [2.05, 4.69) is 19.9 Å². The molecule has 1 atom stereocenters. The maximum Gasteiger partial charge on any atom is 0.269 e. The molecule has 0 aliphatic heterocycles. The lowest BCUT2D eigenvalue weighted by Gasteiger charge is -2.17. The number of unbranched alkanes of at least 4 members (excludes halogenated alkanes) is 1. The van der Waals surface area contributed by atoms with Crippen LogP contribution in [0.1, 0.15) is 56.0 Å². The van der Waals surface area contributed by atoms with E-state index in [1.807, 2.05) is 10.7 Å². The number of nitro benzene ring substituents is 1. The van der Waals surface area contributed by atoms with Gasteiger partial charge in [-0.1, -0.05) is 32.4 Å². The van der Waals surface area contributed by atoms with Gasteiger partial charge in [-0.3, -0.25) is 10.1 Å². The van der Waals surface area contributed by atoms with E-state index in [1.54, 1.807) is 24.3 Å². The molecule has 5 nitrogen and oxygen atoms in total. The second kappa shape index (κ2) is 8.78. The molecule has 0 N–H and O–H groups in total. The number of rotatable bonds is 8. The lowest BCUT2D eigenvalue weighted by atomic mass is 9.92. The predicted octanol–water partition coefficient (Wildman–Crippen LogP) is 5.80. The molecule has 1 aromatic heterocycles.